The number of hydrogen-bond donors (Lipinski definition) is 0. The Morgan fingerprint density at radius 2 is 2.07 bits per heavy atom. The number of halogens is 1. The summed E-state index contributed by atoms with van der Waals surface area (Å²) in [7, 11) is 0. The van der Waals surface area contributed by atoms with Gasteiger partial charge in [-0.3, -0.25) is 4.79 Å². The molecule has 0 heterocycles. The van der Waals surface area contributed by atoms with Crippen LogP contribution in [0.25, 0.3) is 0 Å². The van der Waals surface area contributed by atoms with Crippen molar-refractivity contribution < 1.29 is 9.18 Å². The van der Waals surface area contributed by atoms with Gasteiger partial charge in [-0.1, -0.05) is 32.9 Å². The summed E-state index contributed by atoms with van der Waals surface area (Å²) < 4.78 is 12.9. The van der Waals surface area contributed by atoms with Crippen LogP contribution in [0.4, 0.5) is 4.39 Å². The normalized spacial score (nSPS) is 11.5. The van der Waals surface area contributed by atoms with E-state index in [2.05, 4.69) is 20.8 Å². The molecule has 0 spiro atoms. The zero-order valence-electron chi connectivity index (χ0n) is 9.21. The van der Waals surface area contributed by atoms with Gasteiger partial charge in [-0.2, -0.15) is 0 Å². The Kier molecular flexibility index (Phi) is 3.91. The molecule has 0 saturated carbocycles. The molecule has 1 rings (SSSR count). The van der Waals surface area contributed by atoms with Crippen LogP contribution in [0.5, 0.6) is 0 Å². The van der Waals surface area contributed by atoms with Crippen molar-refractivity contribution in [2.45, 2.75) is 25.5 Å². The van der Waals surface area contributed by atoms with Crippen molar-refractivity contribution >= 4 is 17.5 Å². The van der Waals surface area contributed by atoms with Crippen LogP contribution in [0, 0.1) is 5.82 Å². The average Bonchev–Trinajstić information content (AvgIpc) is 2.13. The molecule has 0 radical (unpaired) electrons. The van der Waals surface area contributed by atoms with E-state index in [9.17, 15) is 9.18 Å². The number of thioether (sulfide) groups is 1. The SMILES string of the molecule is CC(C)(C)SCC(=O)c1cccc(F)c1. The van der Waals surface area contributed by atoms with Crippen molar-refractivity contribution in [2.24, 2.45) is 0 Å². The maximum atomic E-state index is 12.8. The first kappa shape index (κ1) is 12.2. The van der Waals surface area contributed by atoms with Crippen LogP contribution in [0.3, 0.4) is 0 Å². The molecule has 0 unspecified atom stereocenters. The minimum absolute atomic E-state index is 0.0191. The average molecular weight is 226 g/mol. The summed E-state index contributed by atoms with van der Waals surface area (Å²) in [5.74, 6) is 0.0171. The van der Waals surface area contributed by atoms with Gasteiger partial charge in [-0.15, -0.1) is 11.8 Å². The summed E-state index contributed by atoms with van der Waals surface area (Å²) in [5, 5.41) is 0. The molecule has 1 nitrogen and oxygen atoms in total. The molecule has 0 amide bonds. The molecular formula is C12H15FOS. The Balaban J connectivity index is 2.62. The van der Waals surface area contributed by atoms with Crippen LogP contribution in [0.1, 0.15) is 31.1 Å². The molecule has 0 N–H and O–H groups in total. The van der Waals surface area contributed by atoms with Gasteiger partial charge in [0.15, 0.2) is 5.78 Å². The second-order valence-corrected chi connectivity index (χ2v) is 6.14. The van der Waals surface area contributed by atoms with Crippen molar-refractivity contribution in [3.8, 4) is 0 Å². The Morgan fingerprint density at radius 3 is 2.60 bits per heavy atom. The van der Waals surface area contributed by atoms with E-state index in [1.807, 2.05) is 0 Å². The topological polar surface area (TPSA) is 17.1 Å². The number of rotatable bonds is 3. The quantitative estimate of drug-likeness (QED) is 0.733. The van der Waals surface area contributed by atoms with Crippen molar-refractivity contribution in [1.29, 1.82) is 0 Å². The number of carbonyl (C=O) groups excluding carboxylic acids is 1. The van der Waals surface area contributed by atoms with E-state index in [1.54, 1.807) is 23.9 Å². The molecule has 15 heavy (non-hydrogen) atoms. The zero-order valence-corrected chi connectivity index (χ0v) is 10.0. The summed E-state index contributed by atoms with van der Waals surface area (Å²) in [6.07, 6.45) is 0. The maximum absolute atomic E-state index is 12.8. The Morgan fingerprint density at radius 1 is 1.40 bits per heavy atom. The highest BCUT2D eigenvalue weighted by Gasteiger charge is 2.14. The molecule has 0 saturated heterocycles. The van der Waals surface area contributed by atoms with Gasteiger partial charge in [0.05, 0.1) is 5.75 Å². The molecule has 0 bridgehead atoms. The van der Waals surface area contributed by atoms with Crippen molar-refractivity contribution in [3.05, 3.63) is 35.6 Å². The third-order valence-corrected chi connectivity index (χ3v) is 3.06. The molecule has 3 heteroatoms. The fourth-order valence-corrected chi connectivity index (χ4v) is 1.76. The molecule has 0 aliphatic carbocycles. The highest BCUT2D eigenvalue weighted by molar-refractivity contribution is 8.01. The highest BCUT2D eigenvalue weighted by atomic mass is 32.2. The van der Waals surface area contributed by atoms with Crippen LogP contribution in [0.2, 0.25) is 0 Å². The van der Waals surface area contributed by atoms with Gasteiger partial charge in [0, 0.05) is 10.3 Å². The molecular weight excluding hydrogens is 211 g/mol. The second kappa shape index (κ2) is 4.79. The van der Waals surface area contributed by atoms with Gasteiger partial charge >= 0.3 is 0 Å². The van der Waals surface area contributed by atoms with Gasteiger partial charge in [0.1, 0.15) is 5.82 Å². The molecule has 0 aliphatic heterocycles. The van der Waals surface area contributed by atoms with Gasteiger partial charge in [0.2, 0.25) is 0 Å². The molecule has 0 atom stereocenters. The lowest BCUT2D eigenvalue weighted by atomic mass is 10.1. The maximum Gasteiger partial charge on any atom is 0.172 e. The van der Waals surface area contributed by atoms with Crippen molar-refractivity contribution in [3.63, 3.8) is 0 Å². The van der Waals surface area contributed by atoms with Gasteiger partial charge < -0.3 is 0 Å². The van der Waals surface area contributed by atoms with E-state index in [0.29, 0.717) is 11.3 Å². The van der Waals surface area contributed by atoms with E-state index in [1.165, 1.54) is 12.1 Å². The zero-order chi connectivity index (χ0) is 11.5. The van der Waals surface area contributed by atoms with Crippen molar-refractivity contribution in [2.75, 3.05) is 5.75 Å². The Labute approximate surface area is 94.1 Å². The summed E-state index contributed by atoms with van der Waals surface area (Å²) in [6.45, 7) is 6.16. The van der Waals surface area contributed by atoms with E-state index in [0.717, 1.165) is 0 Å². The molecule has 0 fully saturated rings. The number of carbonyl (C=O) groups is 1. The number of Topliss-reactive ketones (excluding diaryl/α,β-unsaturated/α-hetero) is 1. The minimum Gasteiger partial charge on any atom is -0.293 e. The fourth-order valence-electron chi connectivity index (χ4n) is 1.03. The van der Waals surface area contributed by atoms with E-state index in [-0.39, 0.29) is 16.3 Å². The Hall–Kier alpha value is -0.830. The molecule has 0 aromatic heterocycles. The third-order valence-electron chi connectivity index (χ3n) is 1.78. The Bertz CT molecular complexity index is 355. The summed E-state index contributed by atoms with van der Waals surface area (Å²) >= 11 is 1.57. The highest BCUT2D eigenvalue weighted by Crippen LogP contribution is 2.23. The number of ketones is 1. The second-order valence-electron chi connectivity index (χ2n) is 4.33. The molecule has 1 aromatic carbocycles. The van der Waals surface area contributed by atoms with Crippen molar-refractivity contribution in [1.82, 2.24) is 0 Å². The van der Waals surface area contributed by atoms with Gasteiger partial charge in [-0.25, -0.2) is 4.39 Å². The third kappa shape index (κ3) is 4.47. The first-order chi connectivity index (χ1) is 6.88. The number of benzene rings is 1. The first-order valence-electron chi connectivity index (χ1n) is 4.81. The van der Waals surface area contributed by atoms with Gasteiger partial charge in [0.25, 0.3) is 0 Å². The predicted octanol–water partition coefficient (Wildman–Crippen LogP) is 3.54. The van der Waals surface area contributed by atoms with Crippen LogP contribution in [-0.2, 0) is 0 Å². The largest absolute Gasteiger partial charge is 0.293 e. The lowest BCUT2D eigenvalue weighted by Crippen LogP contribution is -2.13. The van der Waals surface area contributed by atoms with Gasteiger partial charge in [-0.05, 0) is 12.1 Å². The van der Waals surface area contributed by atoms with Crippen LogP contribution in [-0.4, -0.2) is 16.3 Å². The minimum atomic E-state index is -0.360. The lowest BCUT2D eigenvalue weighted by Gasteiger charge is -2.16. The van der Waals surface area contributed by atoms with Crippen LogP contribution >= 0.6 is 11.8 Å². The predicted molar refractivity (Wildman–Crippen MR) is 62.9 cm³/mol. The van der Waals surface area contributed by atoms with Crippen LogP contribution < -0.4 is 0 Å². The summed E-state index contributed by atoms with van der Waals surface area (Å²) in [6, 6.07) is 5.83. The fraction of sp³-hybridized carbons (Fsp3) is 0.417. The lowest BCUT2D eigenvalue weighted by molar-refractivity contribution is 0.102. The molecule has 82 valence electrons. The van der Waals surface area contributed by atoms with Crippen LogP contribution in [0.15, 0.2) is 24.3 Å². The van der Waals surface area contributed by atoms with E-state index in [4.69, 9.17) is 0 Å². The van der Waals surface area contributed by atoms with E-state index < -0.39 is 0 Å². The summed E-state index contributed by atoms with van der Waals surface area (Å²) in [4.78, 5) is 11.7. The van der Waals surface area contributed by atoms with E-state index >= 15 is 0 Å². The molecule has 0 aliphatic rings. The monoisotopic (exact) mass is 226 g/mol. The first-order valence-corrected chi connectivity index (χ1v) is 5.80. The smallest absolute Gasteiger partial charge is 0.172 e. The summed E-state index contributed by atoms with van der Waals surface area (Å²) in [5.41, 5.74) is 0.451. The standard InChI is InChI=1S/C12H15FOS/c1-12(2,3)15-8-11(14)9-5-4-6-10(13)7-9/h4-7H,8H2,1-3H3. The molecule has 1 aromatic rings. The number of hydrogen-bond acceptors (Lipinski definition) is 2.